The first kappa shape index (κ1) is 12.7. The van der Waals surface area contributed by atoms with E-state index in [1.807, 2.05) is 0 Å². The lowest BCUT2D eigenvalue weighted by Crippen LogP contribution is -2.30. The molecule has 0 radical (unpaired) electrons. The Kier molecular flexibility index (Phi) is 4.05. The second-order valence-corrected chi connectivity index (χ2v) is 3.43. The summed E-state index contributed by atoms with van der Waals surface area (Å²) in [7, 11) is 3.08. The number of rotatable bonds is 4. The third-order valence-corrected chi connectivity index (χ3v) is 1.84. The van der Waals surface area contributed by atoms with E-state index in [4.69, 9.17) is 0 Å². The molecule has 7 heteroatoms. The highest BCUT2D eigenvalue weighted by Crippen LogP contribution is 2.16. The van der Waals surface area contributed by atoms with Crippen LogP contribution < -0.4 is 5.32 Å². The SMILES string of the molecule is CNc1cnc(CN(C)CC(F)(F)F)cn1. The number of anilines is 1. The van der Waals surface area contributed by atoms with Crippen LogP contribution in [-0.4, -0.2) is 41.7 Å². The summed E-state index contributed by atoms with van der Waals surface area (Å²) in [5, 5.41) is 2.78. The van der Waals surface area contributed by atoms with Gasteiger partial charge in [0.2, 0.25) is 0 Å². The molecular weight excluding hydrogens is 221 g/mol. The van der Waals surface area contributed by atoms with Crippen molar-refractivity contribution < 1.29 is 13.2 Å². The van der Waals surface area contributed by atoms with Crippen molar-refractivity contribution in [1.82, 2.24) is 14.9 Å². The maximum Gasteiger partial charge on any atom is 0.401 e. The minimum atomic E-state index is -4.19. The monoisotopic (exact) mass is 234 g/mol. The molecule has 0 saturated carbocycles. The van der Waals surface area contributed by atoms with Gasteiger partial charge in [-0.15, -0.1) is 0 Å². The number of nitrogens with one attached hydrogen (secondary N) is 1. The normalized spacial score (nSPS) is 11.9. The fourth-order valence-corrected chi connectivity index (χ4v) is 1.20. The van der Waals surface area contributed by atoms with Gasteiger partial charge in [0, 0.05) is 13.6 Å². The van der Waals surface area contributed by atoms with Crippen LogP contribution in [0.2, 0.25) is 0 Å². The lowest BCUT2D eigenvalue weighted by atomic mass is 10.4. The standard InChI is InChI=1S/C9H13F3N4/c1-13-8-4-14-7(3-15-8)5-16(2)6-9(10,11)12/h3-4H,5-6H2,1-2H3,(H,13,15). The molecule has 0 bridgehead atoms. The Morgan fingerprint density at radius 3 is 2.44 bits per heavy atom. The lowest BCUT2D eigenvalue weighted by Gasteiger charge is -2.17. The fourth-order valence-electron chi connectivity index (χ4n) is 1.20. The van der Waals surface area contributed by atoms with Crippen LogP contribution in [0.4, 0.5) is 19.0 Å². The van der Waals surface area contributed by atoms with E-state index in [2.05, 4.69) is 15.3 Å². The topological polar surface area (TPSA) is 41.1 Å². The number of aromatic nitrogens is 2. The Balaban J connectivity index is 2.53. The van der Waals surface area contributed by atoms with Crippen molar-refractivity contribution in [3.05, 3.63) is 18.1 Å². The zero-order valence-corrected chi connectivity index (χ0v) is 9.04. The van der Waals surface area contributed by atoms with E-state index >= 15 is 0 Å². The summed E-state index contributed by atoms with van der Waals surface area (Å²) in [4.78, 5) is 9.09. The molecule has 1 heterocycles. The Bertz CT molecular complexity index is 323. The van der Waals surface area contributed by atoms with Crippen molar-refractivity contribution in [2.24, 2.45) is 0 Å². The number of hydrogen-bond donors (Lipinski definition) is 1. The molecular formula is C9H13F3N4. The highest BCUT2D eigenvalue weighted by molar-refractivity contribution is 5.29. The minimum Gasteiger partial charge on any atom is -0.372 e. The number of halogens is 3. The molecule has 0 atom stereocenters. The first-order valence-electron chi connectivity index (χ1n) is 4.64. The highest BCUT2D eigenvalue weighted by atomic mass is 19.4. The van der Waals surface area contributed by atoms with Crippen molar-refractivity contribution in [2.45, 2.75) is 12.7 Å². The average Bonchev–Trinajstić information content (AvgIpc) is 2.16. The maximum atomic E-state index is 12.0. The lowest BCUT2D eigenvalue weighted by molar-refractivity contribution is -0.144. The molecule has 0 aromatic carbocycles. The molecule has 0 fully saturated rings. The summed E-state index contributed by atoms with van der Waals surface area (Å²) in [6, 6.07) is 0. The van der Waals surface area contributed by atoms with Crippen molar-refractivity contribution in [2.75, 3.05) is 26.0 Å². The van der Waals surface area contributed by atoms with E-state index in [0.29, 0.717) is 11.5 Å². The molecule has 1 aromatic heterocycles. The van der Waals surface area contributed by atoms with Gasteiger partial charge < -0.3 is 5.32 Å². The Hall–Kier alpha value is -1.37. The molecule has 0 unspecified atom stereocenters. The molecule has 90 valence electrons. The van der Waals surface area contributed by atoms with E-state index in [1.54, 1.807) is 7.05 Å². The van der Waals surface area contributed by atoms with Gasteiger partial charge in [0.25, 0.3) is 0 Å². The summed E-state index contributed by atoms with van der Waals surface area (Å²) in [5.74, 6) is 0.585. The van der Waals surface area contributed by atoms with Gasteiger partial charge in [-0.3, -0.25) is 9.88 Å². The Morgan fingerprint density at radius 2 is 2.00 bits per heavy atom. The van der Waals surface area contributed by atoms with Crippen molar-refractivity contribution >= 4 is 5.82 Å². The van der Waals surface area contributed by atoms with Gasteiger partial charge >= 0.3 is 6.18 Å². The number of nitrogens with zero attached hydrogens (tertiary/aromatic N) is 3. The van der Waals surface area contributed by atoms with Crippen LogP contribution in [0.1, 0.15) is 5.69 Å². The quantitative estimate of drug-likeness (QED) is 0.857. The fraction of sp³-hybridized carbons (Fsp3) is 0.556. The predicted molar refractivity (Wildman–Crippen MR) is 54.0 cm³/mol. The van der Waals surface area contributed by atoms with Gasteiger partial charge in [0.15, 0.2) is 0 Å². The Morgan fingerprint density at radius 1 is 1.31 bits per heavy atom. The molecule has 16 heavy (non-hydrogen) atoms. The van der Waals surface area contributed by atoms with Gasteiger partial charge in [-0.25, -0.2) is 4.98 Å². The summed E-state index contributed by atoms with van der Waals surface area (Å²) >= 11 is 0. The summed E-state index contributed by atoms with van der Waals surface area (Å²) < 4.78 is 36.1. The molecule has 0 saturated heterocycles. The molecule has 0 aliphatic carbocycles. The van der Waals surface area contributed by atoms with Gasteiger partial charge in [-0.1, -0.05) is 0 Å². The maximum absolute atomic E-state index is 12.0. The molecule has 1 rings (SSSR count). The van der Waals surface area contributed by atoms with Crippen LogP contribution in [0.15, 0.2) is 12.4 Å². The number of alkyl halides is 3. The van der Waals surface area contributed by atoms with Crippen LogP contribution in [0.5, 0.6) is 0 Å². The van der Waals surface area contributed by atoms with E-state index in [0.717, 1.165) is 4.90 Å². The predicted octanol–water partition coefficient (Wildman–Crippen LogP) is 1.51. The molecule has 0 spiro atoms. The van der Waals surface area contributed by atoms with Crippen molar-refractivity contribution in [3.8, 4) is 0 Å². The molecule has 1 aromatic rings. The first-order valence-corrected chi connectivity index (χ1v) is 4.64. The zero-order chi connectivity index (χ0) is 12.2. The molecule has 1 N–H and O–H groups in total. The molecule has 4 nitrogen and oxygen atoms in total. The average molecular weight is 234 g/mol. The van der Waals surface area contributed by atoms with Crippen LogP contribution >= 0.6 is 0 Å². The second-order valence-electron chi connectivity index (χ2n) is 3.43. The third-order valence-electron chi connectivity index (χ3n) is 1.84. The minimum absolute atomic E-state index is 0.122. The van der Waals surface area contributed by atoms with Gasteiger partial charge in [-0.05, 0) is 7.05 Å². The highest BCUT2D eigenvalue weighted by Gasteiger charge is 2.29. The van der Waals surface area contributed by atoms with E-state index in [9.17, 15) is 13.2 Å². The second kappa shape index (κ2) is 5.11. The van der Waals surface area contributed by atoms with E-state index < -0.39 is 12.7 Å². The number of hydrogen-bond acceptors (Lipinski definition) is 4. The third kappa shape index (κ3) is 4.43. The zero-order valence-electron chi connectivity index (χ0n) is 9.04. The summed E-state index contributed by atoms with van der Waals surface area (Å²) in [6.07, 6.45) is -1.25. The van der Waals surface area contributed by atoms with Gasteiger partial charge in [0.1, 0.15) is 5.82 Å². The van der Waals surface area contributed by atoms with Crippen LogP contribution in [0, 0.1) is 0 Å². The molecule has 0 aliphatic rings. The van der Waals surface area contributed by atoms with Gasteiger partial charge in [0.05, 0.1) is 24.6 Å². The van der Waals surface area contributed by atoms with E-state index in [-0.39, 0.29) is 6.54 Å². The summed E-state index contributed by atoms with van der Waals surface area (Å²) in [6.45, 7) is -0.834. The van der Waals surface area contributed by atoms with E-state index in [1.165, 1.54) is 19.4 Å². The van der Waals surface area contributed by atoms with Crippen LogP contribution in [-0.2, 0) is 6.54 Å². The van der Waals surface area contributed by atoms with Crippen LogP contribution in [0.3, 0.4) is 0 Å². The van der Waals surface area contributed by atoms with Gasteiger partial charge in [-0.2, -0.15) is 13.2 Å². The first-order chi connectivity index (χ1) is 7.40. The van der Waals surface area contributed by atoms with Crippen molar-refractivity contribution in [3.63, 3.8) is 0 Å². The molecule has 0 amide bonds. The van der Waals surface area contributed by atoms with Crippen molar-refractivity contribution in [1.29, 1.82) is 0 Å². The molecule has 0 aliphatic heterocycles. The largest absolute Gasteiger partial charge is 0.401 e. The summed E-state index contributed by atoms with van der Waals surface area (Å²) in [5.41, 5.74) is 0.505. The smallest absolute Gasteiger partial charge is 0.372 e. The van der Waals surface area contributed by atoms with Crippen LogP contribution in [0.25, 0.3) is 0 Å². The Labute approximate surface area is 91.5 Å².